The van der Waals surface area contributed by atoms with Crippen LogP contribution in [0.15, 0.2) is 35.6 Å². The summed E-state index contributed by atoms with van der Waals surface area (Å²) in [5.74, 6) is 0. The molecule has 150 valence electrons. The maximum Gasteiger partial charge on any atom is 0.343 e. The number of aromatic nitrogens is 1. The van der Waals surface area contributed by atoms with Crippen molar-refractivity contribution >= 4 is 51.4 Å². The van der Waals surface area contributed by atoms with Crippen molar-refractivity contribution in [1.29, 1.82) is 0 Å². The van der Waals surface area contributed by atoms with Crippen molar-refractivity contribution < 1.29 is 10.0 Å². The van der Waals surface area contributed by atoms with Gasteiger partial charge in [0.25, 0.3) is 0 Å². The van der Waals surface area contributed by atoms with Crippen LogP contribution >= 0.6 is 24.0 Å². The molecule has 3 rings (SSSR count). The molecular formula is C19H25N5O2S2. The second kappa shape index (κ2) is 8.50. The topological polar surface area (TPSA) is 84.0 Å². The molecule has 1 aliphatic rings. The molecule has 0 spiro atoms. The molecule has 1 aromatic carbocycles. The number of aromatic amines is 1. The monoisotopic (exact) mass is 419 g/mol. The van der Waals surface area contributed by atoms with Gasteiger partial charge < -0.3 is 10.3 Å². The number of thioether (sulfide) groups is 1. The number of hydrazone groups is 1. The van der Waals surface area contributed by atoms with E-state index in [2.05, 4.69) is 15.4 Å². The fourth-order valence-corrected chi connectivity index (χ4v) is 4.90. The van der Waals surface area contributed by atoms with E-state index in [4.69, 9.17) is 12.2 Å². The Balaban J connectivity index is 1.83. The van der Waals surface area contributed by atoms with Gasteiger partial charge in [-0.25, -0.2) is 9.80 Å². The van der Waals surface area contributed by atoms with Gasteiger partial charge in [0, 0.05) is 29.2 Å². The Hall–Kier alpha value is -2.10. The third kappa shape index (κ3) is 4.16. The summed E-state index contributed by atoms with van der Waals surface area (Å²) < 4.78 is -0.0163. The number of thiocarbonyl (C=S) groups is 1. The number of amides is 2. The Kier molecular flexibility index (Phi) is 6.26. The summed E-state index contributed by atoms with van der Waals surface area (Å²) in [4.78, 5) is 15.6. The number of benzene rings is 1. The molecule has 3 N–H and O–H groups in total. The maximum absolute atomic E-state index is 12.4. The molecule has 1 saturated heterocycles. The third-order valence-corrected chi connectivity index (χ3v) is 6.12. The van der Waals surface area contributed by atoms with Crippen molar-refractivity contribution in [3.05, 3.63) is 36.0 Å². The zero-order valence-corrected chi connectivity index (χ0v) is 17.8. The Labute approximate surface area is 174 Å². The summed E-state index contributed by atoms with van der Waals surface area (Å²) in [6, 6.07) is 7.37. The van der Waals surface area contributed by atoms with Gasteiger partial charge in [0.1, 0.15) is 0 Å². The fraction of sp³-hybridized carbons (Fsp3) is 0.421. The van der Waals surface area contributed by atoms with Gasteiger partial charge in [-0.2, -0.15) is 10.2 Å². The summed E-state index contributed by atoms with van der Waals surface area (Å²) in [6.07, 6.45) is 4.66. The number of nitrogens with one attached hydrogen (secondary N) is 2. The van der Waals surface area contributed by atoms with Crippen molar-refractivity contribution in [3.63, 3.8) is 0 Å². The van der Waals surface area contributed by atoms with E-state index in [0.29, 0.717) is 15.9 Å². The number of unbranched alkanes of at least 4 members (excludes halogenated alkanes) is 1. The Bertz CT molecular complexity index is 895. The van der Waals surface area contributed by atoms with Crippen LogP contribution in [0.1, 0.15) is 39.2 Å². The van der Waals surface area contributed by atoms with Crippen molar-refractivity contribution in [2.45, 2.75) is 44.5 Å². The van der Waals surface area contributed by atoms with Gasteiger partial charge in [-0.15, -0.1) is 0 Å². The smallest absolute Gasteiger partial charge is 0.343 e. The lowest BCUT2D eigenvalue weighted by atomic mass is 10.1. The zero-order valence-electron chi connectivity index (χ0n) is 16.2. The molecular weight excluding hydrogens is 394 g/mol. The normalized spacial score (nSPS) is 18.9. The predicted octanol–water partition coefficient (Wildman–Crippen LogP) is 4.14. The van der Waals surface area contributed by atoms with Gasteiger partial charge in [0.05, 0.1) is 11.0 Å². The SMILES string of the molecule is CCCCNC(=O)N(O)C1N(N=Cc2c[nH]c3ccccc23)C(=S)SC1(C)C. The first-order valence-electron chi connectivity index (χ1n) is 9.23. The van der Waals surface area contributed by atoms with Gasteiger partial charge in [-0.3, -0.25) is 5.21 Å². The van der Waals surface area contributed by atoms with Crippen LogP contribution in [0.5, 0.6) is 0 Å². The van der Waals surface area contributed by atoms with Crippen LogP contribution in [0, 0.1) is 0 Å². The molecule has 0 aliphatic carbocycles. The molecule has 0 bridgehead atoms. The first-order valence-corrected chi connectivity index (χ1v) is 10.5. The molecule has 7 nitrogen and oxygen atoms in total. The highest BCUT2D eigenvalue weighted by atomic mass is 32.2. The van der Waals surface area contributed by atoms with Gasteiger partial charge >= 0.3 is 6.03 Å². The van der Waals surface area contributed by atoms with Crippen LogP contribution in [0.3, 0.4) is 0 Å². The number of H-pyrrole nitrogens is 1. The lowest BCUT2D eigenvalue weighted by Crippen LogP contribution is -2.55. The van der Waals surface area contributed by atoms with Crippen LogP contribution in [-0.2, 0) is 0 Å². The van der Waals surface area contributed by atoms with Crippen LogP contribution in [0.2, 0.25) is 0 Å². The highest BCUT2D eigenvalue weighted by molar-refractivity contribution is 8.24. The molecule has 1 atom stereocenters. The van der Waals surface area contributed by atoms with Gasteiger partial charge in [-0.1, -0.05) is 55.5 Å². The van der Waals surface area contributed by atoms with Crippen molar-refractivity contribution in [2.75, 3.05) is 6.54 Å². The van der Waals surface area contributed by atoms with Crippen LogP contribution < -0.4 is 5.32 Å². The molecule has 2 heterocycles. The summed E-state index contributed by atoms with van der Waals surface area (Å²) in [5, 5.41) is 21.1. The second-order valence-corrected chi connectivity index (χ2v) is 9.44. The molecule has 1 unspecified atom stereocenters. The number of carbonyl (C=O) groups is 1. The number of hydrogen-bond acceptors (Lipinski definition) is 5. The number of rotatable bonds is 6. The van der Waals surface area contributed by atoms with Crippen LogP contribution in [0.4, 0.5) is 4.79 Å². The van der Waals surface area contributed by atoms with E-state index < -0.39 is 16.9 Å². The Morgan fingerprint density at radius 2 is 2.25 bits per heavy atom. The van der Waals surface area contributed by atoms with Crippen molar-refractivity contribution in [1.82, 2.24) is 20.4 Å². The zero-order chi connectivity index (χ0) is 20.3. The number of nitrogens with zero attached hydrogens (tertiary/aromatic N) is 3. The van der Waals surface area contributed by atoms with Gasteiger partial charge in [0.2, 0.25) is 0 Å². The van der Waals surface area contributed by atoms with E-state index in [9.17, 15) is 10.0 Å². The van der Waals surface area contributed by atoms with E-state index in [1.165, 1.54) is 16.8 Å². The highest BCUT2D eigenvalue weighted by Crippen LogP contribution is 2.42. The lowest BCUT2D eigenvalue weighted by molar-refractivity contribution is -0.118. The minimum atomic E-state index is -0.715. The van der Waals surface area contributed by atoms with Gasteiger partial charge in [0.15, 0.2) is 10.5 Å². The van der Waals surface area contributed by atoms with Crippen LogP contribution in [0.25, 0.3) is 10.9 Å². The quantitative estimate of drug-likeness (QED) is 0.215. The molecule has 1 aliphatic heterocycles. The molecule has 0 radical (unpaired) electrons. The van der Waals surface area contributed by atoms with Crippen molar-refractivity contribution in [2.24, 2.45) is 5.10 Å². The molecule has 2 aromatic rings. The number of hydrogen-bond donors (Lipinski definition) is 3. The first kappa shape index (κ1) is 20.6. The lowest BCUT2D eigenvalue weighted by Gasteiger charge is -2.34. The fourth-order valence-electron chi connectivity index (χ4n) is 3.12. The summed E-state index contributed by atoms with van der Waals surface area (Å²) in [6.45, 7) is 6.41. The van der Waals surface area contributed by atoms with E-state index in [1.807, 2.05) is 51.2 Å². The first-order chi connectivity index (χ1) is 13.3. The molecule has 0 saturated carbocycles. The number of carbonyl (C=O) groups excluding carboxylic acids is 1. The number of fused-ring (bicyclic) bond motifs is 1. The standard InChI is InChI=1S/C19H25N5O2S2/c1-4-5-10-20-17(25)24(26)16-19(2,3)28-18(27)23(16)22-12-13-11-21-15-9-7-6-8-14(13)15/h6-9,11-12,16,21,26H,4-5,10H2,1-3H3,(H,20,25). The summed E-state index contributed by atoms with van der Waals surface area (Å²) >= 11 is 6.88. The molecule has 2 amide bonds. The number of para-hydroxylation sites is 1. The molecule has 9 heteroatoms. The number of hydroxylamine groups is 2. The highest BCUT2D eigenvalue weighted by Gasteiger charge is 2.49. The third-order valence-electron chi connectivity index (χ3n) is 4.58. The molecule has 1 fully saturated rings. The predicted molar refractivity (Wildman–Crippen MR) is 118 cm³/mol. The van der Waals surface area contributed by atoms with Crippen LogP contribution in [-0.4, -0.2) is 54.3 Å². The summed E-state index contributed by atoms with van der Waals surface area (Å²) in [5.41, 5.74) is 1.92. The number of urea groups is 1. The largest absolute Gasteiger partial charge is 0.361 e. The van der Waals surface area contributed by atoms with E-state index in [-0.39, 0.29) is 0 Å². The second-order valence-electron chi connectivity index (χ2n) is 7.15. The average molecular weight is 420 g/mol. The Morgan fingerprint density at radius 3 is 3.00 bits per heavy atom. The average Bonchev–Trinajstić information content (AvgIpc) is 3.16. The minimum Gasteiger partial charge on any atom is -0.361 e. The summed E-state index contributed by atoms with van der Waals surface area (Å²) in [7, 11) is 0. The minimum absolute atomic E-state index is 0.506. The molecule has 28 heavy (non-hydrogen) atoms. The van der Waals surface area contributed by atoms with Gasteiger partial charge in [-0.05, 0) is 26.3 Å². The van der Waals surface area contributed by atoms with E-state index >= 15 is 0 Å². The van der Waals surface area contributed by atoms with E-state index in [1.54, 1.807) is 6.21 Å². The van der Waals surface area contributed by atoms with Crippen molar-refractivity contribution in [3.8, 4) is 0 Å². The van der Waals surface area contributed by atoms with E-state index in [0.717, 1.165) is 29.3 Å². The Morgan fingerprint density at radius 1 is 1.50 bits per heavy atom. The molecule has 1 aromatic heterocycles. The maximum atomic E-state index is 12.4.